The fraction of sp³-hybridized carbons (Fsp3) is 0.0385. The molecule has 4 rings (SSSR count). The third kappa shape index (κ3) is 5.36. The van der Waals surface area contributed by atoms with Gasteiger partial charge in [0.25, 0.3) is 0 Å². The van der Waals surface area contributed by atoms with Crippen molar-refractivity contribution in [2.75, 3.05) is 10.7 Å². The summed E-state index contributed by atoms with van der Waals surface area (Å²) in [5.74, 6) is -0.0954. The van der Waals surface area contributed by atoms with E-state index in [1.807, 2.05) is 96.4 Å². The van der Waals surface area contributed by atoms with Crippen molar-refractivity contribution in [1.29, 1.82) is 0 Å². The number of carbonyl (C=O) groups is 1. The van der Waals surface area contributed by atoms with Crippen LogP contribution < -0.4 is 10.7 Å². The highest BCUT2D eigenvalue weighted by Gasteiger charge is 2.15. The van der Waals surface area contributed by atoms with Crippen LogP contribution >= 0.6 is 11.3 Å². The first-order chi connectivity index (χ1) is 15.7. The number of thiazole rings is 1. The molecule has 1 heterocycles. The summed E-state index contributed by atoms with van der Waals surface area (Å²) in [6.45, 7) is 1.54. The number of hydrogen-bond donors (Lipinski definition) is 2. The molecule has 0 aliphatic carbocycles. The van der Waals surface area contributed by atoms with Crippen molar-refractivity contribution in [3.63, 3.8) is 0 Å². The molecule has 0 spiro atoms. The summed E-state index contributed by atoms with van der Waals surface area (Å²) in [4.78, 5) is 17.2. The molecule has 0 bridgehead atoms. The van der Waals surface area contributed by atoms with Crippen molar-refractivity contribution < 1.29 is 4.79 Å². The molecule has 0 saturated carbocycles. The van der Waals surface area contributed by atoms with Crippen molar-refractivity contribution in [1.82, 2.24) is 4.98 Å². The zero-order chi connectivity index (χ0) is 22.2. The molecule has 4 aromatic rings. The maximum atomic E-state index is 12.6. The highest BCUT2D eigenvalue weighted by atomic mass is 32.1. The Balaban J connectivity index is 1.65. The highest BCUT2D eigenvalue weighted by molar-refractivity contribution is 7.14. The van der Waals surface area contributed by atoms with Gasteiger partial charge in [-0.1, -0.05) is 78.9 Å². The fourth-order valence-electron chi connectivity index (χ4n) is 3.07. The van der Waals surface area contributed by atoms with E-state index in [1.54, 1.807) is 6.20 Å². The standard InChI is InChI=1S/C26H22N4OS/c1-19(31)23(17-27-22-15-9-4-10-16-22)25(21-13-7-3-8-14-21)29-30-26-28-24(18-32-26)20-11-5-2-6-12-20/h2-18,27H,1H3,(H,28,30)/b23-17-,29-25-. The summed E-state index contributed by atoms with van der Waals surface area (Å²) in [5, 5.41) is 10.4. The minimum Gasteiger partial charge on any atom is -0.361 e. The average Bonchev–Trinajstić information content (AvgIpc) is 3.32. The molecule has 1 aromatic heterocycles. The van der Waals surface area contributed by atoms with Gasteiger partial charge in [-0.25, -0.2) is 4.98 Å². The number of rotatable bonds is 8. The molecule has 0 fully saturated rings. The number of hydrogen-bond acceptors (Lipinski definition) is 6. The monoisotopic (exact) mass is 438 g/mol. The summed E-state index contributed by atoms with van der Waals surface area (Å²) in [6, 6.07) is 29.3. The van der Waals surface area contributed by atoms with Gasteiger partial charge >= 0.3 is 0 Å². The molecule has 0 radical (unpaired) electrons. The minimum absolute atomic E-state index is 0.0954. The lowest BCUT2D eigenvalue weighted by molar-refractivity contribution is -0.113. The molecule has 32 heavy (non-hydrogen) atoms. The Labute approximate surface area is 191 Å². The lowest BCUT2D eigenvalue weighted by Crippen LogP contribution is -2.15. The van der Waals surface area contributed by atoms with Crippen LogP contribution in [0, 0.1) is 0 Å². The Kier molecular flexibility index (Phi) is 6.84. The van der Waals surface area contributed by atoms with Gasteiger partial charge in [0.2, 0.25) is 5.13 Å². The van der Waals surface area contributed by atoms with E-state index in [4.69, 9.17) is 0 Å². The van der Waals surface area contributed by atoms with Crippen LogP contribution in [0.25, 0.3) is 11.3 Å². The molecule has 0 atom stereocenters. The van der Waals surface area contributed by atoms with E-state index >= 15 is 0 Å². The Bertz CT molecular complexity index is 1230. The molecule has 5 nitrogen and oxygen atoms in total. The van der Waals surface area contributed by atoms with Gasteiger partial charge in [-0.05, 0) is 19.1 Å². The number of allylic oxidation sites excluding steroid dienone is 1. The lowest BCUT2D eigenvalue weighted by atomic mass is 10.0. The molecule has 3 aromatic carbocycles. The second kappa shape index (κ2) is 10.3. The van der Waals surface area contributed by atoms with Crippen molar-refractivity contribution in [2.45, 2.75) is 6.92 Å². The SMILES string of the molecule is CC(=O)C(=C/Nc1ccccc1)/C(=N\Nc1nc(-c2ccccc2)cs1)c1ccccc1. The topological polar surface area (TPSA) is 66.4 Å². The van der Waals surface area contributed by atoms with Gasteiger partial charge in [-0.3, -0.25) is 10.2 Å². The Morgan fingerprint density at radius 3 is 2.19 bits per heavy atom. The quantitative estimate of drug-likeness (QED) is 0.195. The predicted molar refractivity (Wildman–Crippen MR) is 133 cm³/mol. The number of ketones is 1. The number of nitrogens with zero attached hydrogens (tertiary/aromatic N) is 2. The average molecular weight is 439 g/mol. The number of nitrogens with one attached hydrogen (secondary N) is 2. The molecule has 158 valence electrons. The third-order valence-corrected chi connectivity index (χ3v) is 5.42. The first-order valence-electron chi connectivity index (χ1n) is 10.1. The van der Waals surface area contributed by atoms with E-state index < -0.39 is 0 Å². The van der Waals surface area contributed by atoms with Gasteiger partial charge in [0.05, 0.1) is 11.3 Å². The largest absolute Gasteiger partial charge is 0.361 e. The van der Waals surface area contributed by atoms with Crippen LogP contribution in [-0.2, 0) is 4.79 Å². The maximum Gasteiger partial charge on any atom is 0.203 e. The Morgan fingerprint density at radius 2 is 1.53 bits per heavy atom. The summed E-state index contributed by atoms with van der Waals surface area (Å²) in [5.41, 5.74) is 7.68. The zero-order valence-electron chi connectivity index (χ0n) is 17.5. The van der Waals surface area contributed by atoms with E-state index in [1.165, 1.54) is 18.3 Å². The van der Waals surface area contributed by atoms with E-state index in [0.29, 0.717) is 16.4 Å². The van der Waals surface area contributed by atoms with E-state index in [9.17, 15) is 4.79 Å². The van der Waals surface area contributed by atoms with Crippen molar-refractivity contribution >= 4 is 33.7 Å². The number of para-hydroxylation sites is 1. The van der Waals surface area contributed by atoms with Crippen molar-refractivity contribution in [3.8, 4) is 11.3 Å². The molecule has 2 N–H and O–H groups in total. The number of anilines is 2. The van der Waals surface area contributed by atoms with Crippen LogP contribution in [-0.4, -0.2) is 16.5 Å². The first kappa shape index (κ1) is 21.2. The summed E-state index contributed by atoms with van der Waals surface area (Å²) in [7, 11) is 0. The fourth-order valence-corrected chi connectivity index (χ4v) is 3.73. The van der Waals surface area contributed by atoms with Crippen LogP contribution in [0.1, 0.15) is 12.5 Å². The molecule has 6 heteroatoms. The normalized spacial score (nSPS) is 11.8. The molecule has 0 aliphatic rings. The molecular weight excluding hydrogens is 416 g/mol. The van der Waals surface area contributed by atoms with E-state index in [2.05, 4.69) is 20.8 Å². The number of carbonyl (C=O) groups excluding carboxylic acids is 1. The van der Waals surface area contributed by atoms with Crippen molar-refractivity contribution in [3.05, 3.63) is 114 Å². The van der Waals surface area contributed by atoms with Crippen molar-refractivity contribution in [2.24, 2.45) is 5.10 Å². The lowest BCUT2D eigenvalue weighted by Gasteiger charge is -2.10. The molecule has 0 unspecified atom stereocenters. The second-order valence-electron chi connectivity index (χ2n) is 6.97. The Hall–Kier alpha value is -4.03. The second-order valence-corrected chi connectivity index (χ2v) is 7.82. The van der Waals surface area contributed by atoms with Crippen LogP contribution in [0.5, 0.6) is 0 Å². The van der Waals surface area contributed by atoms with Crippen LogP contribution in [0.2, 0.25) is 0 Å². The Morgan fingerprint density at radius 1 is 0.906 bits per heavy atom. The van der Waals surface area contributed by atoms with Gasteiger partial charge in [-0.15, -0.1) is 11.3 Å². The van der Waals surface area contributed by atoms with Gasteiger partial charge in [0, 0.05) is 28.4 Å². The number of Topliss-reactive ketones (excluding diaryl/α,β-unsaturated/α-hetero) is 1. The molecule has 0 amide bonds. The number of benzene rings is 3. The van der Waals surface area contributed by atoms with Crippen LogP contribution in [0.4, 0.5) is 10.8 Å². The smallest absolute Gasteiger partial charge is 0.203 e. The van der Waals surface area contributed by atoms with Gasteiger partial charge < -0.3 is 5.32 Å². The number of aromatic nitrogens is 1. The number of hydrazone groups is 1. The van der Waals surface area contributed by atoms with Crippen LogP contribution in [0.15, 0.2) is 113 Å². The zero-order valence-corrected chi connectivity index (χ0v) is 18.3. The first-order valence-corrected chi connectivity index (χ1v) is 11.0. The van der Waals surface area contributed by atoms with E-state index in [0.717, 1.165) is 22.5 Å². The van der Waals surface area contributed by atoms with Gasteiger partial charge in [0.1, 0.15) is 5.71 Å². The minimum atomic E-state index is -0.0954. The summed E-state index contributed by atoms with van der Waals surface area (Å²) < 4.78 is 0. The highest BCUT2D eigenvalue weighted by Crippen LogP contribution is 2.25. The van der Waals surface area contributed by atoms with Gasteiger partial charge in [-0.2, -0.15) is 5.10 Å². The third-order valence-electron chi connectivity index (χ3n) is 4.68. The summed E-state index contributed by atoms with van der Waals surface area (Å²) in [6.07, 6.45) is 1.70. The van der Waals surface area contributed by atoms with E-state index in [-0.39, 0.29) is 5.78 Å². The molecule has 0 aliphatic heterocycles. The van der Waals surface area contributed by atoms with Crippen LogP contribution in [0.3, 0.4) is 0 Å². The predicted octanol–water partition coefficient (Wildman–Crippen LogP) is 6.21. The molecule has 0 saturated heterocycles. The molecular formula is C26H22N4OS. The summed E-state index contributed by atoms with van der Waals surface area (Å²) >= 11 is 1.46. The van der Waals surface area contributed by atoms with Gasteiger partial charge in [0.15, 0.2) is 5.78 Å². The maximum absolute atomic E-state index is 12.6.